The lowest BCUT2D eigenvalue weighted by atomic mass is 10.0. The van der Waals surface area contributed by atoms with Gasteiger partial charge in [-0.15, -0.1) is 0 Å². The number of benzene rings is 1. The van der Waals surface area contributed by atoms with Gasteiger partial charge in [-0.1, -0.05) is 13.0 Å². The summed E-state index contributed by atoms with van der Waals surface area (Å²) in [5.41, 5.74) is 1.06. The number of carbonyl (C=O) groups is 1. The molecular formula is C14H14N2O4. The molecule has 2 rings (SSSR count). The molecule has 0 spiro atoms. The van der Waals surface area contributed by atoms with Crippen molar-refractivity contribution < 1.29 is 14.6 Å². The summed E-state index contributed by atoms with van der Waals surface area (Å²) in [4.78, 5) is 28.6. The number of aromatic amines is 1. The Kier molecular flexibility index (Phi) is 3.84. The van der Waals surface area contributed by atoms with E-state index in [1.807, 2.05) is 13.0 Å². The molecule has 1 aromatic carbocycles. The van der Waals surface area contributed by atoms with Crippen molar-refractivity contribution in [1.29, 1.82) is 0 Å². The van der Waals surface area contributed by atoms with Crippen molar-refractivity contribution in [1.82, 2.24) is 9.97 Å². The van der Waals surface area contributed by atoms with Crippen molar-refractivity contribution in [2.45, 2.75) is 13.3 Å². The maximum atomic E-state index is 11.4. The van der Waals surface area contributed by atoms with Crippen molar-refractivity contribution in [2.75, 3.05) is 7.11 Å². The van der Waals surface area contributed by atoms with Crippen molar-refractivity contribution in [3.05, 3.63) is 46.0 Å². The number of ether oxygens (including phenoxy) is 1. The van der Waals surface area contributed by atoms with E-state index in [0.717, 1.165) is 18.2 Å². The first-order chi connectivity index (χ1) is 9.56. The highest BCUT2D eigenvalue weighted by Gasteiger charge is 2.17. The van der Waals surface area contributed by atoms with Gasteiger partial charge >= 0.3 is 11.7 Å². The zero-order valence-corrected chi connectivity index (χ0v) is 11.1. The number of aromatic carboxylic acids is 1. The first kappa shape index (κ1) is 13.8. The number of hydrogen-bond donors (Lipinski definition) is 2. The summed E-state index contributed by atoms with van der Waals surface area (Å²) in [6, 6.07) is 5.44. The number of carboxylic acids is 1. The summed E-state index contributed by atoms with van der Waals surface area (Å²) < 4.78 is 5.24. The zero-order chi connectivity index (χ0) is 14.7. The lowest BCUT2D eigenvalue weighted by molar-refractivity contribution is 0.0697. The molecule has 0 fully saturated rings. The van der Waals surface area contributed by atoms with Crippen LogP contribution in [0.15, 0.2) is 29.2 Å². The largest absolute Gasteiger partial charge is 0.496 e. The number of nitrogens with zero attached hydrogens (tertiary/aromatic N) is 1. The highest BCUT2D eigenvalue weighted by molar-refractivity contribution is 5.95. The standard InChI is InChI=1S/C14H14N2O4/c1-3-8-4-5-11(20-2)9(6-8)12-10(13(17)18)7-15-14(19)16-12/h4-7H,3H2,1-2H3,(H,17,18)(H,15,16,19). The van der Waals surface area contributed by atoms with Gasteiger partial charge in [0.15, 0.2) is 0 Å². The molecule has 1 aromatic heterocycles. The Balaban J connectivity index is 2.75. The quantitative estimate of drug-likeness (QED) is 0.885. The maximum Gasteiger partial charge on any atom is 0.345 e. The summed E-state index contributed by atoms with van der Waals surface area (Å²) in [5, 5.41) is 9.21. The van der Waals surface area contributed by atoms with Crippen LogP contribution >= 0.6 is 0 Å². The van der Waals surface area contributed by atoms with Gasteiger partial charge in [-0.05, 0) is 24.1 Å². The van der Waals surface area contributed by atoms with E-state index in [1.54, 1.807) is 12.1 Å². The fraction of sp³-hybridized carbons (Fsp3) is 0.214. The minimum Gasteiger partial charge on any atom is -0.496 e. The molecule has 1 heterocycles. The molecule has 0 aliphatic rings. The predicted octanol–water partition coefficient (Wildman–Crippen LogP) is 1.71. The number of aryl methyl sites for hydroxylation is 1. The second kappa shape index (κ2) is 5.56. The molecular weight excluding hydrogens is 260 g/mol. The second-order valence-electron chi connectivity index (χ2n) is 4.17. The number of methoxy groups -OCH3 is 1. The molecule has 6 nitrogen and oxygen atoms in total. The molecule has 20 heavy (non-hydrogen) atoms. The van der Waals surface area contributed by atoms with E-state index in [0.29, 0.717) is 11.3 Å². The minimum absolute atomic E-state index is 0.0730. The van der Waals surface area contributed by atoms with Gasteiger partial charge in [-0.3, -0.25) is 0 Å². The van der Waals surface area contributed by atoms with Crippen LogP contribution < -0.4 is 10.4 Å². The van der Waals surface area contributed by atoms with Crippen LogP contribution in [0.1, 0.15) is 22.8 Å². The summed E-state index contributed by atoms with van der Waals surface area (Å²) in [7, 11) is 1.49. The van der Waals surface area contributed by atoms with Crippen LogP contribution in [0.5, 0.6) is 5.75 Å². The smallest absolute Gasteiger partial charge is 0.345 e. The normalized spacial score (nSPS) is 10.3. The van der Waals surface area contributed by atoms with Gasteiger partial charge in [0.2, 0.25) is 0 Å². The Morgan fingerprint density at radius 2 is 2.20 bits per heavy atom. The van der Waals surface area contributed by atoms with E-state index in [2.05, 4.69) is 9.97 Å². The van der Waals surface area contributed by atoms with Gasteiger partial charge in [-0.25, -0.2) is 14.6 Å². The second-order valence-corrected chi connectivity index (χ2v) is 4.17. The van der Waals surface area contributed by atoms with Crippen LogP contribution in [0.3, 0.4) is 0 Å². The average molecular weight is 274 g/mol. The Morgan fingerprint density at radius 3 is 2.80 bits per heavy atom. The lowest BCUT2D eigenvalue weighted by Gasteiger charge is -2.11. The Bertz CT molecular complexity index is 707. The van der Waals surface area contributed by atoms with Crippen LogP contribution in [0.25, 0.3) is 11.3 Å². The van der Waals surface area contributed by atoms with Crippen molar-refractivity contribution in [2.24, 2.45) is 0 Å². The van der Waals surface area contributed by atoms with Gasteiger partial charge in [0.1, 0.15) is 11.3 Å². The van der Waals surface area contributed by atoms with E-state index in [4.69, 9.17) is 4.74 Å². The average Bonchev–Trinajstić information content (AvgIpc) is 2.46. The monoisotopic (exact) mass is 274 g/mol. The first-order valence-electron chi connectivity index (χ1n) is 6.06. The van der Waals surface area contributed by atoms with E-state index in [9.17, 15) is 14.7 Å². The topological polar surface area (TPSA) is 92.3 Å². The summed E-state index contributed by atoms with van der Waals surface area (Å²) in [6.45, 7) is 1.99. The van der Waals surface area contributed by atoms with E-state index >= 15 is 0 Å². The number of nitrogens with one attached hydrogen (secondary N) is 1. The summed E-state index contributed by atoms with van der Waals surface area (Å²) in [5.74, 6) is -0.667. The summed E-state index contributed by atoms with van der Waals surface area (Å²) in [6.07, 6.45) is 1.84. The molecule has 0 unspecified atom stereocenters. The molecule has 0 bridgehead atoms. The van der Waals surface area contributed by atoms with Crippen LogP contribution in [0, 0.1) is 0 Å². The minimum atomic E-state index is -1.16. The highest BCUT2D eigenvalue weighted by atomic mass is 16.5. The van der Waals surface area contributed by atoms with Gasteiger partial charge in [0.05, 0.1) is 12.8 Å². The van der Waals surface area contributed by atoms with E-state index in [-0.39, 0.29) is 11.3 Å². The number of aromatic nitrogens is 2. The number of carboxylic acid groups (broad SMARTS) is 1. The van der Waals surface area contributed by atoms with Crippen LogP contribution in [-0.2, 0) is 6.42 Å². The Labute approximate surface area is 115 Å². The molecule has 0 aliphatic heterocycles. The predicted molar refractivity (Wildman–Crippen MR) is 73.2 cm³/mol. The van der Waals surface area contributed by atoms with Crippen LogP contribution in [-0.4, -0.2) is 28.2 Å². The third-order valence-corrected chi connectivity index (χ3v) is 2.98. The molecule has 2 N–H and O–H groups in total. The SMILES string of the molecule is CCc1ccc(OC)c(-c2[nH]c(=O)ncc2C(=O)O)c1. The first-order valence-corrected chi connectivity index (χ1v) is 6.06. The van der Waals surface area contributed by atoms with Gasteiger partial charge in [-0.2, -0.15) is 0 Å². The van der Waals surface area contributed by atoms with Gasteiger partial charge in [0.25, 0.3) is 0 Å². The van der Waals surface area contributed by atoms with Crippen LogP contribution in [0.4, 0.5) is 0 Å². The molecule has 0 amide bonds. The molecule has 6 heteroatoms. The fourth-order valence-electron chi connectivity index (χ4n) is 1.94. The molecule has 0 saturated heterocycles. The van der Waals surface area contributed by atoms with Crippen molar-refractivity contribution >= 4 is 5.97 Å². The fourth-order valence-corrected chi connectivity index (χ4v) is 1.94. The third kappa shape index (κ3) is 2.54. The molecule has 0 radical (unpaired) electrons. The van der Waals surface area contributed by atoms with Crippen molar-refractivity contribution in [3.63, 3.8) is 0 Å². The molecule has 0 atom stereocenters. The molecule has 0 saturated carbocycles. The van der Waals surface area contributed by atoms with Crippen molar-refractivity contribution in [3.8, 4) is 17.0 Å². The maximum absolute atomic E-state index is 11.4. The lowest BCUT2D eigenvalue weighted by Crippen LogP contribution is -2.15. The molecule has 0 aliphatic carbocycles. The Hall–Kier alpha value is -2.63. The third-order valence-electron chi connectivity index (χ3n) is 2.98. The molecule has 104 valence electrons. The number of hydrogen-bond acceptors (Lipinski definition) is 4. The highest BCUT2D eigenvalue weighted by Crippen LogP contribution is 2.31. The zero-order valence-electron chi connectivity index (χ0n) is 11.1. The Morgan fingerprint density at radius 1 is 1.45 bits per heavy atom. The van der Waals surface area contributed by atoms with E-state index < -0.39 is 11.7 Å². The molecule has 2 aromatic rings. The van der Waals surface area contributed by atoms with E-state index in [1.165, 1.54) is 7.11 Å². The van der Waals surface area contributed by atoms with Gasteiger partial charge < -0.3 is 14.8 Å². The number of rotatable bonds is 4. The van der Waals surface area contributed by atoms with Gasteiger partial charge in [0, 0.05) is 11.8 Å². The summed E-state index contributed by atoms with van der Waals surface area (Å²) >= 11 is 0. The van der Waals surface area contributed by atoms with Crippen LogP contribution in [0.2, 0.25) is 0 Å². The number of H-pyrrole nitrogens is 1.